The molecule has 4 heteroatoms. The Kier molecular flexibility index (Phi) is 3.26. The topological polar surface area (TPSA) is 49.6 Å². The summed E-state index contributed by atoms with van der Waals surface area (Å²) in [7, 11) is 0. The molecule has 0 aromatic carbocycles. The zero-order chi connectivity index (χ0) is 13.7. The van der Waals surface area contributed by atoms with Gasteiger partial charge in [-0.3, -0.25) is 4.79 Å². The maximum absolute atomic E-state index is 12.8. The monoisotopic (exact) mass is 277 g/mol. The second kappa shape index (κ2) is 4.99. The van der Waals surface area contributed by atoms with E-state index in [9.17, 15) is 4.79 Å². The highest BCUT2D eigenvalue weighted by Crippen LogP contribution is 2.69. The molecule has 0 aromatic heterocycles. The minimum Gasteiger partial charge on any atom is -0.341 e. The van der Waals surface area contributed by atoms with Crippen LogP contribution < -0.4 is 5.73 Å². The Labute approximate surface area is 121 Å². The molecule has 0 radical (unpaired) electrons. The van der Waals surface area contributed by atoms with E-state index >= 15 is 0 Å². The fourth-order valence-corrected chi connectivity index (χ4v) is 5.46. The van der Waals surface area contributed by atoms with Gasteiger partial charge in [0.15, 0.2) is 0 Å². The van der Waals surface area contributed by atoms with E-state index in [1.165, 1.54) is 19.3 Å². The van der Waals surface area contributed by atoms with Gasteiger partial charge in [-0.05, 0) is 55.9 Å². The van der Waals surface area contributed by atoms with Gasteiger partial charge in [0.1, 0.15) is 0 Å². The van der Waals surface area contributed by atoms with Crippen molar-refractivity contribution >= 4 is 5.91 Å². The van der Waals surface area contributed by atoms with E-state index in [0.29, 0.717) is 11.8 Å². The minimum absolute atomic E-state index is 0.419. The van der Waals surface area contributed by atoms with Crippen molar-refractivity contribution in [3.05, 3.63) is 0 Å². The molecule has 4 fully saturated rings. The van der Waals surface area contributed by atoms with E-state index in [2.05, 4.69) is 9.80 Å². The van der Waals surface area contributed by atoms with Gasteiger partial charge < -0.3 is 15.5 Å². The summed E-state index contributed by atoms with van der Waals surface area (Å²) in [6, 6.07) is 0. The predicted octanol–water partition coefficient (Wildman–Crippen LogP) is 0.771. The smallest absolute Gasteiger partial charge is 0.226 e. The maximum atomic E-state index is 12.8. The first-order chi connectivity index (χ1) is 9.79. The van der Waals surface area contributed by atoms with Gasteiger partial charge in [-0.1, -0.05) is 0 Å². The molecule has 1 saturated heterocycles. The van der Waals surface area contributed by atoms with E-state index in [1.807, 2.05) is 0 Å². The molecule has 1 aliphatic heterocycles. The third-order valence-corrected chi connectivity index (χ3v) is 6.37. The number of fused-ring (bicyclic) bond motifs is 5. The standard InChI is InChI=1S/C16H27N3O/c17-4-7-18-5-1-6-19(9-8-18)16(20)15-13-11-2-3-12(10-11)14(13)15/h11-15H,1-10,17H2. The van der Waals surface area contributed by atoms with Crippen LogP contribution in [0.5, 0.6) is 0 Å². The quantitative estimate of drug-likeness (QED) is 0.829. The van der Waals surface area contributed by atoms with Crippen molar-refractivity contribution < 1.29 is 4.79 Å². The zero-order valence-electron chi connectivity index (χ0n) is 12.3. The first kappa shape index (κ1) is 13.1. The zero-order valence-corrected chi connectivity index (χ0v) is 12.3. The fraction of sp³-hybridized carbons (Fsp3) is 0.938. The van der Waals surface area contributed by atoms with E-state index < -0.39 is 0 Å². The van der Waals surface area contributed by atoms with Crippen molar-refractivity contribution in [2.24, 2.45) is 35.3 Å². The largest absolute Gasteiger partial charge is 0.341 e. The summed E-state index contributed by atoms with van der Waals surface area (Å²) in [5.74, 6) is 4.28. The number of nitrogens with zero attached hydrogens (tertiary/aromatic N) is 2. The molecule has 112 valence electrons. The van der Waals surface area contributed by atoms with Gasteiger partial charge >= 0.3 is 0 Å². The number of carbonyl (C=O) groups excluding carboxylic acids is 1. The summed E-state index contributed by atoms with van der Waals surface area (Å²) < 4.78 is 0. The third-order valence-electron chi connectivity index (χ3n) is 6.37. The molecular formula is C16H27N3O. The molecule has 4 atom stereocenters. The molecule has 4 rings (SSSR count). The molecule has 4 aliphatic rings. The Hall–Kier alpha value is -0.610. The van der Waals surface area contributed by atoms with E-state index in [4.69, 9.17) is 5.73 Å². The second-order valence-corrected chi connectivity index (χ2v) is 7.32. The van der Waals surface area contributed by atoms with Gasteiger partial charge in [-0.15, -0.1) is 0 Å². The Morgan fingerprint density at radius 2 is 1.80 bits per heavy atom. The highest BCUT2D eigenvalue weighted by atomic mass is 16.2. The van der Waals surface area contributed by atoms with Crippen LogP contribution >= 0.6 is 0 Å². The summed E-state index contributed by atoms with van der Waals surface area (Å²) in [4.78, 5) is 17.4. The number of nitrogens with two attached hydrogens (primary N) is 1. The van der Waals surface area contributed by atoms with E-state index in [-0.39, 0.29) is 0 Å². The van der Waals surface area contributed by atoms with E-state index in [0.717, 1.165) is 69.4 Å². The molecular weight excluding hydrogens is 250 g/mol. The molecule has 20 heavy (non-hydrogen) atoms. The first-order valence-electron chi connectivity index (χ1n) is 8.51. The van der Waals surface area contributed by atoms with Crippen LogP contribution in [0.3, 0.4) is 0 Å². The maximum Gasteiger partial charge on any atom is 0.226 e. The summed E-state index contributed by atoms with van der Waals surface area (Å²) in [6.07, 6.45) is 5.35. The van der Waals surface area contributed by atoms with Crippen LogP contribution in [0.4, 0.5) is 0 Å². The first-order valence-corrected chi connectivity index (χ1v) is 8.51. The van der Waals surface area contributed by atoms with E-state index in [1.54, 1.807) is 0 Å². The van der Waals surface area contributed by atoms with Crippen molar-refractivity contribution in [3.63, 3.8) is 0 Å². The highest BCUT2D eigenvalue weighted by Gasteiger charge is 2.67. The summed E-state index contributed by atoms with van der Waals surface area (Å²) in [5.41, 5.74) is 5.64. The third kappa shape index (κ3) is 2.00. The Morgan fingerprint density at radius 3 is 2.50 bits per heavy atom. The molecule has 1 heterocycles. The predicted molar refractivity (Wildman–Crippen MR) is 78.0 cm³/mol. The van der Waals surface area contributed by atoms with Gasteiger partial charge in [0.05, 0.1) is 0 Å². The van der Waals surface area contributed by atoms with Gasteiger partial charge in [0.25, 0.3) is 0 Å². The molecule has 0 spiro atoms. The summed E-state index contributed by atoms with van der Waals surface area (Å²) >= 11 is 0. The van der Waals surface area contributed by atoms with Gasteiger partial charge in [0, 0.05) is 38.6 Å². The summed E-state index contributed by atoms with van der Waals surface area (Å²) in [6.45, 7) is 5.70. The average molecular weight is 277 g/mol. The minimum atomic E-state index is 0.419. The Balaban J connectivity index is 1.36. The molecule has 4 nitrogen and oxygen atoms in total. The van der Waals surface area contributed by atoms with Crippen molar-refractivity contribution in [3.8, 4) is 0 Å². The second-order valence-electron chi connectivity index (χ2n) is 7.32. The van der Waals surface area contributed by atoms with Crippen LogP contribution in [0.2, 0.25) is 0 Å². The lowest BCUT2D eigenvalue weighted by Crippen LogP contribution is -2.38. The number of amides is 1. The molecule has 3 saturated carbocycles. The summed E-state index contributed by atoms with van der Waals surface area (Å²) in [5, 5.41) is 0. The van der Waals surface area contributed by atoms with Gasteiger partial charge in [-0.2, -0.15) is 0 Å². The van der Waals surface area contributed by atoms with Crippen molar-refractivity contribution in [1.29, 1.82) is 0 Å². The van der Waals surface area contributed by atoms with Crippen molar-refractivity contribution in [2.45, 2.75) is 25.7 Å². The average Bonchev–Trinajstić information content (AvgIpc) is 3.01. The molecule has 1 amide bonds. The van der Waals surface area contributed by atoms with Gasteiger partial charge in [0.2, 0.25) is 5.91 Å². The molecule has 4 unspecified atom stereocenters. The number of hydrogen-bond donors (Lipinski definition) is 1. The number of carbonyl (C=O) groups is 1. The molecule has 3 aliphatic carbocycles. The van der Waals surface area contributed by atoms with Crippen LogP contribution in [0.25, 0.3) is 0 Å². The SMILES string of the molecule is NCCN1CCCN(C(=O)C2C3C4CCC(C4)C23)CC1. The lowest BCUT2D eigenvalue weighted by atomic mass is 10.0. The number of rotatable bonds is 3. The van der Waals surface area contributed by atoms with Crippen LogP contribution in [0.1, 0.15) is 25.7 Å². The van der Waals surface area contributed by atoms with Crippen molar-refractivity contribution in [2.75, 3.05) is 39.3 Å². The highest BCUT2D eigenvalue weighted by molar-refractivity contribution is 5.83. The van der Waals surface area contributed by atoms with Crippen molar-refractivity contribution in [1.82, 2.24) is 9.80 Å². The Morgan fingerprint density at radius 1 is 1.05 bits per heavy atom. The number of hydrogen-bond acceptors (Lipinski definition) is 3. The van der Waals surface area contributed by atoms with Gasteiger partial charge in [-0.25, -0.2) is 0 Å². The lowest BCUT2D eigenvalue weighted by molar-refractivity contribution is -0.133. The van der Waals surface area contributed by atoms with Crippen LogP contribution in [-0.4, -0.2) is 55.0 Å². The van der Waals surface area contributed by atoms with Crippen LogP contribution in [0, 0.1) is 29.6 Å². The molecule has 0 aromatic rings. The molecule has 2 N–H and O–H groups in total. The normalized spacial score (nSPS) is 43.5. The Bertz CT molecular complexity index is 383. The lowest BCUT2D eigenvalue weighted by Gasteiger charge is -2.23. The molecule has 2 bridgehead atoms. The fourth-order valence-electron chi connectivity index (χ4n) is 5.46. The van der Waals surface area contributed by atoms with Crippen LogP contribution in [0.15, 0.2) is 0 Å². The van der Waals surface area contributed by atoms with Crippen LogP contribution in [-0.2, 0) is 4.79 Å².